The van der Waals surface area contributed by atoms with Crippen LogP contribution in [0.5, 0.6) is 5.75 Å². The lowest BCUT2D eigenvalue weighted by atomic mass is 9.97. The van der Waals surface area contributed by atoms with E-state index in [0.717, 1.165) is 69.5 Å². The largest absolute Gasteiger partial charge is 0.489 e. The van der Waals surface area contributed by atoms with Crippen molar-refractivity contribution in [2.45, 2.75) is 65.1 Å². The molecule has 1 aliphatic rings. The van der Waals surface area contributed by atoms with Gasteiger partial charge in [0.1, 0.15) is 24.5 Å². The monoisotopic (exact) mass is 483 g/mol. The molecule has 1 heterocycles. The second kappa shape index (κ2) is 13.6. The van der Waals surface area contributed by atoms with Crippen molar-refractivity contribution in [3.8, 4) is 5.75 Å². The van der Waals surface area contributed by atoms with Gasteiger partial charge in [-0.25, -0.2) is 4.39 Å². The second-order valence-electron chi connectivity index (χ2n) is 10.3. The molecule has 0 spiro atoms. The van der Waals surface area contributed by atoms with Crippen molar-refractivity contribution in [2.75, 3.05) is 31.1 Å². The number of halogens is 1. The van der Waals surface area contributed by atoms with Crippen LogP contribution in [0.15, 0.2) is 48.5 Å². The number of nitrogens with two attached hydrogens (primary N) is 1. The summed E-state index contributed by atoms with van der Waals surface area (Å²) in [5.41, 5.74) is 8.05. The van der Waals surface area contributed by atoms with E-state index in [0.29, 0.717) is 18.6 Å². The van der Waals surface area contributed by atoms with Crippen LogP contribution in [0.2, 0.25) is 0 Å². The molecule has 3 rings (SSSR count). The Bertz CT molecular complexity index is 880. The first-order valence-electron chi connectivity index (χ1n) is 13.0. The van der Waals surface area contributed by atoms with Gasteiger partial charge in [-0.1, -0.05) is 32.9 Å². The van der Waals surface area contributed by atoms with Crippen LogP contribution in [0.3, 0.4) is 0 Å². The third-order valence-corrected chi connectivity index (χ3v) is 7.15. The molecule has 6 heteroatoms. The van der Waals surface area contributed by atoms with Gasteiger partial charge in [0, 0.05) is 31.4 Å². The molecule has 1 aliphatic heterocycles. The van der Waals surface area contributed by atoms with Crippen LogP contribution >= 0.6 is 0 Å². The smallest absolute Gasteiger partial charge is 0.136 e. The quantitative estimate of drug-likeness (QED) is 0.393. The van der Waals surface area contributed by atoms with E-state index < -0.39 is 0 Å². The van der Waals surface area contributed by atoms with Crippen molar-refractivity contribution >= 4 is 12.0 Å². The van der Waals surface area contributed by atoms with Crippen LogP contribution in [0.4, 0.5) is 10.1 Å². The Hall–Kier alpha value is -2.44. The van der Waals surface area contributed by atoms with Crippen molar-refractivity contribution in [1.29, 1.82) is 0 Å². The number of ether oxygens (including phenoxy) is 1. The number of nitrogens with zero attached hydrogens (tertiary/aromatic N) is 2. The van der Waals surface area contributed by atoms with E-state index in [1.165, 1.54) is 17.8 Å². The maximum absolute atomic E-state index is 13.1. The van der Waals surface area contributed by atoms with Gasteiger partial charge in [0.25, 0.3) is 0 Å². The highest BCUT2D eigenvalue weighted by Gasteiger charge is 2.25. The molecular formula is C29H42FN3O2. The van der Waals surface area contributed by atoms with Gasteiger partial charge >= 0.3 is 0 Å². The molecule has 1 fully saturated rings. The first-order valence-corrected chi connectivity index (χ1v) is 13.0. The molecule has 0 aromatic heterocycles. The Balaban J connectivity index is 1.56. The van der Waals surface area contributed by atoms with E-state index in [4.69, 9.17) is 10.5 Å². The highest BCUT2D eigenvalue weighted by atomic mass is 19.1. The van der Waals surface area contributed by atoms with E-state index in [1.807, 2.05) is 12.1 Å². The first-order chi connectivity index (χ1) is 16.9. The molecule has 0 saturated carbocycles. The number of carbonyl (C=O) groups is 1. The lowest BCUT2D eigenvalue weighted by molar-refractivity contribution is -0.109. The van der Waals surface area contributed by atoms with Gasteiger partial charge in [0.2, 0.25) is 0 Å². The average Bonchev–Trinajstić information content (AvgIpc) is 2.87. The number of rotatable bonds is 13. The zero-order valence-corrected chi connectivity index (χ0v) is 21.5. The summed E-state index contributed by atoms with van der Waals surface area (Å²) in [6, 6.07) is 15.0. The van der Waals surface area contributed by atoms with Crippen LogP contribution in [0.1, 0.15) is 52.0 Å². The summed E-state index contributed by atoms with van der Waals surface area (Å²) in [6.07, 6.45) is 5.25. The van der Waals surface area contributed by atoms with E-state index in [2.05, 4.69) is 42.7 Å². The Kier molecular flexibility index (Phi) is 10.5. The minimum atomic E-state index is -0.360. The zero-order valence-electron chi connectivity index (χ0n) is 21.5. The zero-order chi connectivity index (χ0) is 25.2. The fraction of sp³-hybridized carbons (Fsp3) is 0.552. The minimum Gasteiger partial charge on any atom is -0.489 e. The van der Waals surface area contributed by atoms with E-state index in [9.17, 15) is 9.18 Å². The predicted molar refractivity (Wildman–Crippen MR) is 141 cm³/mol. The normalized spacial score (nSPS) is 16.7. The van der Waals surface area contributed by atoms with Gasteiger partial charge in [-0.2, -0.15) is 0 Å². The Labute approximate surface area is 210 Å². The highest BCUT2D eigenvalue weighted by Crippen LogP contribution is 2.27. The summed E-state index contributed by atoms with van der Waals surface area (Å²) in [4.78, 5) is 16.0. The van der Waals surface area contributed by atoms with Crippen LogP contribution in [0.25, 0.3) is 0 Å². The molecule has 0 bridgehead atoms. The second-order valence-corrected chi connectivity index (χ2v) is 10.3. The third-order valence-electron chi connectivity index (χ3n) is 7.15. The van der Waals surface area contributed by atoms with E-state index >= 15 is 0 Å². The molecule has 1 saturated heterocycles. The molecule has 0 amide bonds. The van der Waals surface area contributed by atoms with Crippen LogP contribution in [-0.4, -0.2) is 49.4 Å². The highest BCUT2D eigenvalue weighted by molar-refractivity contribution is 5.57. The SMILES string of the molecule is CC(C)CCN(c1ccc(OCc2ccc(F)cc2)cc1)C1CCN(CCC(C)C(N)C=O)CC1. The molecule has 2 atom stereocenters. The molecule has 2 N–H and O–H groups in total. The Morgan fingerprint density at radius 3 is 2.31 bits per heavy atom. The van der Waals surface area contributed by atoms with Gasteiger partial charge in [0.05, 0.1) is 6.04 Å². The fourth-order valence-corrected chi connectivity index (χ4v) is 4.57. The summed E-state index contributed by atoms with van der Waals surface area (Å²) in [5.74, 6) is 1.46. The van der Waals surface area contributed by atoms with Crippen molar-refractivity contribution in [2.24, 2.45) is 17.6 Å². The first kappa shape index (κ1) is 27.2. The molecule has 2 unspecified atom stereocenters. The van der Waals surface area contributed by atoms with Crippen LogP contribution < -0.4 is 15.4 Å². The van der Waals surface area contributed by atoms with Crippen LogP contribution in [0, 0.1) is 17.7 Å². The van der Waals surface area contributed by atoms with Gasteiger partial charge in [0.15, 0.2) is 0 Å². The number of piperidine rings is 1. The molecule has 0 aliphatic carbocycles. The fourth-order valence-electron chi connectivity index (χ4n) is 4.57. The van der Waals surface area contributed by atoms with Gasteiger partial charge in [-0.15, -0.1) is 0 Å². The number of hydrogen-bond donors (Lipinski definition) is 1. The summed E-state index contributed by atoms with van der Waals surface area (Å²) >= 11 is 0. The molecule has 192 valence electrons. The van der Waals surface area contributed by atoms with Gasteiger partial charge in [-0.3, -0.25) is 0 Å². The number of benzene rings is 2. The van der Waals surface area contributed by atoms with Crippen molar-refractivity contribution in [1.82, 2.24) is 4.90 Å². The number of aldehydes is 1. The summed E-state index contributed by atoms with van der Waals surface area (Å²) in [7, 11) is 0. The maximum atomic E-state index is 13.1. The summed E-state index contributed by atoms with van der Waals surface area (Å²) in [5, 5.41) is 0. The number of carbonyl (C=O) groups excluding carboxylic acids is 1. The van der Waals surface area contributed by atoms with E-state index in [1.54, 1.807) is 12.1 Å². The lowest BCUT2D eigenvalue weighted by Crippen LogP contribution is -2.46. The molecule has 5 nitrogen and oxygen atoms in total. The minimum absolute atomic E-state index is 0.219. The maximum Gasteiger partial charge on any atom is 0.136 e. The number of likely N-dealkylation sites (tertiary alicyclic amines) is 1. The Morgan fingerprint density at radius 2 is 1.71 bits per heavy atom. The predicted octanol–water partition coefficient (Wildman–Crippen LogP) is 5.27. The summed E-state index contributed by atoms with van der Waals surface area (Å²) in [6.45, 7) is 11.2. The lowest BCUT2D eigenvalue weighted by Gasteiger charge is -2.40. The molecule has 2 aromatic carbocycles. The number of hydrogen-bond acceptors (Lipinski definition) is 5. The standard InChI is InChI=1S/C29H42FN3O2/c1-22(2)12-19-33(27-14-17-32(18-15-27)16-13-23(3)29(31)20-34)26-8-10-28(11-9-26)35-21-24-4-6-25(30)7-5-24/h4-11,20,22-23,27,29H,12-19,21,31H2,1-3H3. The van der Waals surface area contributed by atoms with Crippen LogP contribution in [-0.2, 0) is 11.4 Å². The van der Waals surface area contributed by atoms with E-state index in [-0.39, 0.29) is 17.8 Å². The summed E-state index contributed by atoms with van der Waals surface area (Å²) < 4.78 is 19.0. The van der Waals surface area contributed by atoms with Crippen molar-refractivity contribution < 1.29 is 13.9 Å². The molecule has 35 heavy (non-hydrogen) atoms. The van der Waals surface area contributed by atoms with Crippen molar-refractivity contribution in [3.63, 3.8) is 0 Å². The van der Waals surface area contributed by atoms with Gasteiger partial charge < -0.3 is 25.1 Å². The third kappa shape index (κ3) is 8.62. The molecule has 0 radical (unpaired) electrons. The Morgan fingerprint density at radius 1 is 1.06 bits per heavy atom. The topological polar surface area (TPSA) is 58.8 Å². The molecular weight excluding hydrogens is 441 g/mol. The van der Waals surface area contributed by atoms with Gasteiger partial charge in [-0.05, 0) is 86.0 Å². The number of anilines is 1. The van der Waals surface area contributed by atoms with Crippen molar-refractivity contribution in [3.05, 3.63) is 59.9 Å². The molecule has 2 aromatic rings. The average molecular weight is 484 g/mol.